The number of nitrogens with zero attached hydrogens (tertiary/aromatic N) is 1. The molecule has 1 fully saturated rings. The maximum atomic E-state index is 10.9. The molecule has 1 aliphatic carbocycles. The normalized spacial score (nSPS) is 20.2. The van der Waals surface area contributed by atoms with Gasteiger partial charge in [-0.15, -0.1) is 0 Å². The predicted octanol–water partition coefficient (Wildman–Crippen LogP) is 3.85. The molecule has 5 heteroatoms. The first-order chi connectivity index (χ1) is 10.6. The molecular formula is C17H18N2O2S. The molecule has 2 amide bonds. The first kappa shape index (κ1) is 14.9. The largest absolute Gasteiger partial charge is 0.350 e. The quantitative estimate of drug-likeness (QED) is 0.665. The highest BCUT2D eigenvalue weighted by Gasteiger charge is 2.35. The van der Waals surface area contributed by atoms with Gasteiger partial charge in [-0.05, 0) is 48.6 Å². The molecule has 22 heavy (non-hydrogen) atoms. The zero-order valence-corrected chi connectivity index (χ0v) is 12.9. The van der Waals surface area contributed by atoms with Gasteiger partial charge in [-0.25, -0.2) is 9.86 Å². The second-order valence-electron chi connectivity index (χ2n) is 5.49. The lowest BCUT2D eigenvalue weighted by molar-refractivity contribution is -0.102. The summed E-state index contributed by atoms with van der Waals surface area (Å²) in [7, 11) is 0. The molecule has 0 aliphatic heterocycles. The maximum absolute atomic E-state index is 10.9. The van der Waals surface area contributed by atoms with E-state index in [1.807, 2.05) is 18.2 Å². The van der Waals surface area contributed by atoms with E-state index in [0.29, 0.717) is 11.0 Å². The van der Waals surface area contributed by atoms with E-state index >= 15 is 0 Å². The molecule has 0 saturated heterocycles. The van der Waals surface area contributed by atoms with Crippen LogP contribution in [0.25, 0.3) is 0 Å². The summed E-state index contributed by atoms with van der Waals surface area (Å²) in [5.74, 6) is 0.371. The van der Waals surface area contributed by atoms with Gasteiger partial charge in [-0.2, -0.15) is 0 Å². The molecule has 0 atom stereocenters. The Morgan fingerprint density at radius 2 is 1.77 bits per heavy atom. The first-order valence-corrected chi connectivity index (χ1v) is 8.05. The average Bonchev–Trinajstić information content (AvgIpc) is 2.47. The fourth-order valence-electron chi connectivity index (χ4n) is 2.70. The number of primary amides is 1. The van der Waals surface area contributed by atoms with Crippen LogP contribution >= 0.6 is 11.8 Å². The van der Waals surface area contributed by atoms with Crippen molar-refractivity contribution in [2.24, 2.45) is 5.73 Å². The van der Waals surface area contributed by atoms with Gasteiger partial charge in [0.15, 0.2) is 0 Å². The third-order valence-corrected chi connectivity index (χ3v) is 4.99. The number of rotatable bonds is 4. The molecule has 0 heterocycles. The van der Waals surface area contributed by atoms with Crippen molar-refractivity contribution in [1.82, 2.24) is 5.06 Å². The van der Waals surface area contributed by atoms with Crippen molar-refractivity contribution in [3.63, 3.8) is 0 Å². The molecule has 1 saturated carbocycles. The Hall–Kier alpha value is -1.98. The second-order valence-corrected chi connectivity index (χ2v) is 6.64. The van der Waals surface area contributed by atoms with Crippen LogP contribution in [0.2, 0.25) is 0 Å². The van der Waals surface area contributed by atoms with Gasteiger partial charge in [-0.3, -0.25) is 5.21 Å². The maximum Gasteiger partial charge on any atom is 0.338 e. The van der Waals surface area contributed by atoms with Crippen LogP contribution in [0.5, 0.6) is 0 Å². The fourth-order valence-corrected chi connectivity index (χ4v) is 3.60. The summed E-state index contributed by atoms with van der Waals surface area (Å²) in [5.41, 5.74) is 6.32. The molecule has 3 rings (SSSR count). The molecule has 0 radical (unpaired) electrons. The lowest BCUT2D eigenvalue weighted by atomic mass is 9.76. The molecule has 2 aromatic carbocycles. The third-order valence-electron chi connectivity index (χ3n) is 3.99. The van der Waals surface area contributed by atoms with Crippen LogP contribution in [-0.4, -0.2) is 22.3 Å². The van der Waals surface area contributed by atoms with Gasteiger partial charge < -0.3 is 5.73 Å². The first-order valence-electron chi connectivity index (χ1n) is 7.24. The minimum absolute atomic E-state index is 0.159. The van der Waals surface area contributed by atoms with Crippen LogP contribution in [0.1, 0.15) is 24.3 Å². The van der Waals surface area contributed by atoms with Gasteiger partial charge in [0.05, 0.1) is 6.04 Å². The molecule has 0 aromatic heterocycles. The number of carbonyl (C=O) groups is 1. The number of hydrogen-bond donors (Lipinski definition) is 2. The zero-order valence-electron chi connectivity index (χ0n) is 12.1. The molecule has 1 aliphatic rings. The number of benzene rings is 2. The van der Waals surface area contributed by atoms with Gasteiger partial charge in [0.2, 0.25) is 0 Å². The Morgan fingerprint density at radius 1 is 1.09 bits per heavy atom. The molecule has 0 unspecified atom stereocenters. The van der Waals surface area contributed by atoms with Gasteiger partial charge in [-0.1, -0.05) is 42.1 Å². The van der Waals surface area contributed by atoms with Crippen LogP contribution in [0.15, 0.2) is 64.4 Å². The summed E-state index contributed by atoms with van der Waals surface area (Å²) in [4.78, 5) is 13.3. The van der Waals surface area contributed by atoms with Crippen molar-refractivity contribution >= 4 is 17.8 Å². The van der Waals surface area contributed by atoms with Crippen molar-refractivity contribution in [2.75, 3.05) is 0 Å². The lowest BCUT2D eigenvalue weighted by Crippen LogP contribution is -2.47. The zero-order chi connectivity index (χ0) is 15.5. The van der Waals surface area contributed by atoms with Crippen LogP contribution < -0.4 is 5.73 Å². The Morgan fingerprint density at radius 3 is 2.45 bits per heavy atom. The smallest absolute Gasteiger partial charge is 0.338 e. The topological polar surface area (TPSA) is 66.6 Å². The minimum atomic E-state index is -0.781. The number of nitrogens with two attached hydrogens (primary N) is 1. The monoisotopic (exact) mass is 314 g/mol. The SMILES string of the molecule is NC(=O)N(O)C1CC(c2cccc(Sc3ccccc3)c2)C1. The van der Waals surface area contributed by atoms with E-state index < -0.39 is 6.03 Å². The summed E-state index contributed by atoms with van der Waals surface area (Å²) in [6.07, 6.45) is 1.50. The van der Waals surface area contributed by atoms with Crippen molar-refractivity contribution in [1.29, 1.82) is 0 Å². The number of amides is 2. The Balaban J connectivity index is 1.65. The van der Waals surface area contributed by atoms with E-state index in [0.717, 1.165) is 12.8 Å². The summed E-state index contributed by atoms with van der Waals surface area (Å²) in [6.45, 7) is 0. The van der Waals surface area contributed by atoms with E-state index in [2.05, 4.69) is 36.4 Å². The van der Waals surface area contributed by atoms with E-state index in [1.165, 1.54) is 15.4 Å². The Kier molecular flexibility index (Phi) is 4.36. The van der Waals surface area contributed by atoms with Gasteiger partial charge >= 0.3 is 6.03 Å². The Bertz CT molecular complexity index is 657. The van der Waals surface area contributed by atoms with Gasteiger partial charge in [0, 0.05) is 9.79 Å². The van der Waals surface area contributed by atoms with E-state index in [1.54, 1.807) is 11.8 Å². The van der Waals surface area contributed by atoms with E-state index in [4.69, 9.17) is 5.73 Å². The van der Waals surface area contributed by atoms with Crippen molar-refractivity contribution in [2.45, 2.75) is 34.6 Å². The molecule has 2 aromatic rings. The van der Waals surface area contributed by atoms with Gasteiger partial charge in [0.25, 0.3) is 0 Å². The standard InChI is InChI=1S/C17H18N2O2S/c18-17(20)19(21)14-9-13(10-14)12-5-4-8-16(11-12)22-15-6-2-1-3-7-15/h1-8,11,13-14,21H,9-10H2,(H2,18,20). The van der Waals surface area contributed by atoms with Crippen LogP contribution in [-0.2, 0) is 0 Å². The highest BCUT2D eigenvalue weighted by atomic mass is 32.2. The van der Waals surface area contributed by atoms with E-state index in [9.17, 15) is 10.0 Å². The fraction of sp³-hybridized carbons (Fsp3) is 0.235. The van der Waals surface area contributed by atoms with Gasteiger partial charge in [0.1, 0.15) is 0 Å². The molecular weight excluding hydrogens is 296 g/mol. The summed E-state index contributed by atoms with van der Waals surface area (Å²) >= 11 is 1.73. The lowest BCUT2D eigenvalue weighted by Gasteiger charge is -2.39. The number of hydrogen-bond acceptors (Lipinski definition) is 3. The second kappa shape index (κ2) is 6.42. The highest BCUT2D eigenvalue weighted by molar-refractivity contribution is 7.99. The predicted molar refractivity (Wildman–Crippen MR) is 86.0 cm³/mol. The third kappa shape index (κ3) is 3.26. The highest BCUT2D eigenvalue weighted by Crippen LogP contribution is 2.40. The molecule has 4 nitrogen and oxygen atoms in total. The number of urea groups is 1. The van der Waals surface area contributed by atoms with Crippen LogP contribution in [0.4, 0.5) is 4.79 Å². The Labute approximate surface area is 133 Å². The van der Waals surface area contributed by atoms with Crippen molar-refractivity contribution < 1.29 is 10.0 Å². The summed E-state index contributed by atoms with van der Waals surface area (Å²) in [5, 5.41) is 10.2. The number of carbonyl (C=O) groups excluding carboxylic acids is 1. The summed E-state index contributed by atoms with van der Waals surface area (Å²) in [6, 6.07) is 17.7. The molecule has 3 N–H and O–H groups in total. The van der Waals surface area contributed by atoms with Crippen LogP contribution in [0, 0.1) is 0 Å². The number of hydroxylamine groups is 2. The molecule has 0 bridgehead atoms. The molecule has 114 valence electrons. The van der Waals surface area contributed by atoms with Crippen molar-refractivity contribution in [3.8, 4) is 0 Å². The summed E-state index contributed by atoms with van der Waals surface area (Å²) < 4.78 is 0. The van der Waals surface area contributed by atoms with Crippen LogP contribution in [0.3, 0.4) is 0 Å². The average molecular weight is 314 g/mol. The van der Waals surface area contributed by atoms with Crippen molar-refractivity contribution in [3.05, 3.63) is 60.2 Å². The van der Waals surface area contributed by atoms with E-state index in [-0.39, 0.29) is 6.04 Å². The minimum Gasteiger partial charge on any atom is -0.350 e. The molecule has 0 spiro atoms.